The maximum atomic E-state index is 8.63. The van der Waals surface area contributed by atoms with E-state index in [0.29, 0.717) is 6.61 Å². The summed E-state index contributed by atoms with van der Waals surface area (Å²) in [6.07, 6.45) is 6.76. The van der Waals surface area contributed by atoms with Crippen molar-refractivity contribution in [3.63, 3.8) is 0 Å². The van der Waals surface area contributed by atoms with Gasteiger partial charge in [-0.15, -0.1) is 0 Å². The number of aliphatic hydroxyl groups is 1. The van der Waals surface area contributed by atoms with Crippen LogP contribution in [-0.4, -0.2) is 18.3 Å². The maximum Gasteiger partial charge on any atom is 0.121 e. The lowest BCUT2D eigenvalue weighted by Gasteiger charge is -2.06. The van der Waals surface area contributed by atoms with Crippen molar-refractivity contribution in [1.82, 2.24) is 0 Å². The summed E-state index contributed by atoms with van der Waals surface area (Å²) in [5.41, 5.74) is 6.40. The van der Waals surface area contributed by atoms with Gasteiger partial charge in [0.15, 0.2) is 0 Å². The number of nitrogen functional groups attached to an aromatic ring is 1. The SMILES string of the molecule is Nc1cccc(OCCCCCCCCO)c1. The zero-order chi connectivity index (χ0) is 12.3. The molecule has 0 aliphatic carbocycles. The predicted octanol–water partition coefficient (Wildman–Crippen LogP) is 2.98. The molecule has 3 heteroatoms. The minimum atomic E-state index is 0.318. The largest absolute Gasteiger partial charge is 0.494 e. The van der Waals surface area contributed by atoms with Crippen LogP contribution >= 0.6 is 0 Å². The van der Waals surface area contributed by atoms with E-state index in [4.69, 9.17) is 15.6 Å². The molecule has 0 aliphatic heterocycles. The first kappa shape index (κ1) is 13.8. The summed E-state index contributed by atoms with van der Waals surface area (Å²) >= 11 is 0. The molecule has 0 amide bonds. The summed E-state index contributed by atoms with van der Waals surface area (Å²) in [6, 6.07) is 7.53. The molecule has 0 saturated carbocycles. The lowest BCUT2D eigenvalue weighted by atomic mass is 10.1. The van der Waals surface area contributed by atoms with Crippen LogP contribution in [0.2, 0.25) is 0 Å². The second-order valence-electron chi connectivity index (χ2n) is 4.27. The Morgan fingerprint density at radius 2 is 1.71 bits per heavy atom. The molecule has 0 spiro atoms. The zero-order valence-electron chi connectivity index (χ0n) is 10.4. The highest BCUT2D eigenvalue weighted by Gasteiger charge is 1.95. The highest BCUT2D eigenvalue weighted by molar-refractivity contribution is 5.43. The van der Waals surface area contributed by atoms with Gasteiger partial charge >= 0.3 is 0 Å². The van der Waals surface area contributed by atoms with Gasteiger partial charge in [0, 0.05) is 18.4 Å². The fraction of sp³-hybridized carbons (Fsp3) is 0.571. The van der Waals surface area contributed by atoms with Crippen LogP contribution in [0.15, 0.2) is 24.3 Å². The number of aliphatic hydroxyl groups excluding tert-OH is 1. The number of hydrogen-bond acceptors (Lipinski definition) is 3. The van der Waals surface area contributed by atoms with Gasteiger partial charge in [-0.1, -0.05) is 31.7 Å². The molecule has 0 aromatic heterocycles. The van der Waals surface area contributed by atoms with Crippen molar-refractivity contribution in [2.45, 2.75) is 38.5 Å². The van der Waals surface area contributed by atoms with E-state index in [1.165, 1.54) is 19.3 Å². The number of nitrogens with two attached hydrogens (primary N) is 1. The van der Waals surface area contributed by atoms with Crippen LogP contribution in [0, 0.1) is 0 Å². The molecule has 1 aromatic carbocycles. The van der Waals surface area contributed by atoms with Gasteiger partial charge in [0.2, 0.25) is 0 Å². The molecule has 0 unspecified atom stereocenters. The first-order chi connectivity index (χ1) is 8.33. The van der Waals surface area contributed by atoms with E-state index in [0.717, 1.165) is 37.3 Å². The van der Waals surface area contributed by atoms with Crippen LogP contribution in [-0.2, 0) is 0 Å². The third-order valence-corrected chi connectivity index (χ3v) is 2.68. The van der Waals surface area contributed by atoms with Gasteiger partial charge in [-0.25, -0.2) is 0 Å². The van der Waals surface area contributed by atoms with Crippen LogP contribution in [0.1, 0.15) is 38.5 Å². The van der Waals surface area contributed by atoms with Gasteiger partial charge in [0.1, 0.15) is 5.75 Å². The highest BCUT2D eigenvalue weighted by Crippen LogP contribution is 2.15. The Hall–Kier alpha value is -1.22. The van der Waals surface area contributed by atoms with E-state index in [1.54, 1.807) is 0 Å². The molecule has 0 heterocycles. The molecule has 0 fully saturated rings. The molecule has 0 saturated heterocycles. The van der Waals surface area contributed by atoms with Gasteiger partial charge in [-0.2, -0.15) is 0 Å². The summed E-state index contributed by atoms with van der Waals surface area (Å²) in [7, 11) is 0. The second-order valence-corrected chi connectivity index (χ2v) is 4.27. The number of anilines is 1. The molecule has 0 atom stereocenters. The Kier molecular flexibility index (Phi) is 7.23. The van der Waals surface area contributed by atoms with Gasteiger partial charge < -0.3 is 15.6 Å². The van der Waals surface area contributed by atoms with E-state index >= 15 is 0 Å². The van der Waals surface area contributed by atoms with Crippen molar-refractivity contribution in [3.05, 3.63) is 24.3 Å². The van der Waals surface area contributed by atoms with Crippen LogP contribution in [0.4, 0.5) is 5.69 Å². The van der Waals surface area contributed by atoms with E-state index < -0.39 is 0 Å². The minimum absolute atomic E-state index is 0.318. The average molecular weight is 237 g/mol. The van der Waals surface area contributed by atoms with Gasteiger partial charge in [0.25, 0.3) is 0 Å². The van der Waals surface area contributed by atoms with Crippen LogP contribution < -0.4 is 10.5 Å². The van der Waals surface area contributed by atoms with Crippen molar-refractivity contribution in [2.75, 3.05) is 18.9 Å². The molecule has 1 rings (SSSR count). The second kappa shape index (κ2) is 8.88. The van der Waals surface area contributed by atoms with Crippen molar-refractivity contribution in [1.29, 1.82) is 0 Å². The first-order valence-electron chi connectivity index (χ1n) is 6.42. The number of ether oxygens (including phenoxy) is 1. The molecule has 96 valence electrons. The quantitative estimate of drug-likeness (QED) is 0.513. The molecular weight excluding hydrogens is 214 g/mol. The normalized spacial score (nSPS) is 10.4. The number of unbranched alkanes of at least 4 members (excludes halogenated alkanes) is 5. The summed E-state index contributed by atoms with van der Waals surface area (Å²) < 4.78 is 5.59. The number of benzene rings is 1. The first-order valence-corrected chi connectivity index (χ1v) is 6.42. The lowest BCUT2D eigenvalue weighted by Crippen LogP contribution is -1.98. The van der Waals surface area contributed by atoms with E-state index in [1.807, 2.05) is 24.3 Å². The molecule has 1 aromatic rings. The van der Waals surface area contributed by atoms with Crippen molar-refractivity contribution < 1.29 is 9.84 Å². The highest BCUT2D eigenvalue weighted by atomic mass is 16.5. The smallest absolute Gasteiger partial charge is 0.121 e. The van der Waals surface area contributed by atoms with Gasteiger partial charge in [0.05, 0.1) is 6.61 Å². The van der Waals surface area contributed by atoms with Gasteiger partial charge in [-0.05, 0) is 25.0 Å². The predicted molar refractivity (Wildman–Crippen MR) is 71.1 cm³/mol. The van der Waals surface area contributed by atoms with Gasteiger partial charge in [-0.3, -0.25) is 0 Å². The van der Waals surface area contributed by atoms with Crippen LogP contribution in [0.25, 0.3) is 0 Å². The minimum Gasteiger partial charge on any atom is -0.494 e. The van der Waals surface area contributed by atoms with Crippen molar-refractivity contribution in [3.8, 4) is 5.75 Å². The Balaban J connectivity index is 1.97. The third-order valence-electron chi connectivity index (χ3n) is 2.68. The van der Waals surface area contributed by atoms with Crippen LogP contribution in [0.5, 0.6) is 5.75 Å². The number of rotatable bonds is 9. The average Bonchev–Trinajstić information content (AvgIpc) is 2.33. The standard InChI is InChI=1S/C14H23NO2/c15-13-8-7-9-14(12-13)17-11-6-4-2-1-3-5-10-16/h7-9,12,16H,1-6,10-11,15H2. The topological polar surface area (TPSA) is 55.5 Å². The molecule has 0 radical (unpaired) electrons. The summed E-state index contributed by atoms with van der Waals surface area (Å²) in [5, 5.41) is 8.63. The molecule has 0 bridgehead atoms. The number of hydrogen-bond donors (Lipinski definition) is 2. The molecular formula is C14H23NO2. The van der Waals surface area contributed by atoms with E-state index in [9.17, 15) is 0 Å². The summed E-state index contributed by atoms with van der Waals surface area (Å²) in [4.78, 5) is 0. The van der Waals surface area contributed by atoms with E-state index in [-0.39, 0.29) is 0 Å². The van der Waals surface area contributed by atoms with Crippen molar-refractivity contribution in [2.24, 2.45) is 0 Å². The Labute approximate surface area is 104 Å². The molecule has 17 heavy (non-hydrogen) atoms. The van der Waals surface area contributed by atoms with Crippen LogP contribution in [0.3, 0.4) is 0 Å². The Morgan fingerprint density at radius 3 is 2.41 bits per heavy atom. The molecule has 3 N–H and O–H groups in total. The molecule has 3 nitrogen and oxygen atoms in total. The monoisotopic (exact) mass is 237 g/mol. The Bertz CT molecular complexity index is 302. The Morgan fingerprint density at radius 1 is 1.00 bits per heavy atom. The zero-order valence-corrected chi connectivity index (χ0v) is 10.4. The summed E-state index contributed by atoms with van der Waals surface area (Å²) in [5.74, 6) is 0.852. The summed E-state index contributed by atoms with van der Waals surface area (Å²) in [6.45, 7) is 1.07. The molecule has 0 aliphatic rings. The fourth-order valence-corrected chi connectivity index (χ4v) is 1.72. The van der Waals surface area contributed by atoms with Crippen molar-refractivity contribution >= 4 is 5.69 Å². The van der Waals surface area contributed by atoms with E-state index in [2.05, 4.69) is 0 Å². The fourth-order valence-electron chi connectivity index (χ4n) is 1.72. The third kappa shape index (κ3) is 6.84. The maximum absolute atomic E-state index is 8.63. The lowest BCUT2D eigenvalue weighted by molar-refractivity contribution is 0.280.